The number of phenols is 1. The molecule has 0 heterocycles. The molecule has 3 nitrogen and oxygen atoms in total. The lowest BCUT2D eigenvalue weighted by atomic mass is 10.1. The third-order valence-corrected chi connectivity index (χ3v) is 2.69. The largest absolute Gasteiger partial charge is 0.508 e. The summed E-state index contributed by atoms with van der Waals surface area (Å²) < 4.78 is 5.70. The van der Waals surface area contributed by atoms with Crippen LogP contribution in [0.1, 0.15) is 40.2 Å². The van der Waals surface area contributed by atoms with Crippen LogP contribution in [0.25, 0.3) is 0 Å². The van der Waals surface area contributed by atoms with Gasteiger partial charge in [0.05, 0.1) is 0 Å². The van der Waals surface area contributed by atoms with Crippen molar-refractivity contribution in [3.05, 3.63) is 59.4 Å². The number of ketones is 1. The number of carbonyl (C=O) groups is 1. The monoisotopic (exact) mass is 302 g/mol. The van der Waals surface area contributed by atoms with Crippen LogP contribution in [0.15, 0.2) is 53.8 Å². The van der Waals surface area contributed by atoms with Gasteiger partial charge in [-0.25, -0.2) is 0 Å². The maximum absolute atomic E-state index is 11.4. The van der Waals surface area contributed by atoms with E-state index >= 15 is 0 Å². The number of benzene rings is 1. The first kappa shape index (κ1) is 19.7. The van der Waals surface area contributed by atoms with Crippen molar-refractivity contribution in [2.75, 3.05) is 0 Å². The van der Waals surface area contributed by atoms with Gasteiger partial charge in [0.25, 0.3) is 0 Å². The van der Waals surface area contributed by atoms with Crippen molar-refractivity contribution >= 4 is 5.78 Å². The number of allylic oxidation sites excluding steroid dienone is 4. The van der Waals surface area contributed by atoms with E-state index in [0.29, 0.717) is 11.5 Å². The van der Waals surface area contributed by atoms with Gasteiger partial charge in [-0.15, -0.1) is 0 Å². The SMILES string of the molecule is C/C=C1/C=CC(=O)C=C1Oc1cc(O)ccc1C.CC.CC. The zero-order chi connectivity index (χ0) is 17.1. The average Bonchev–Trinajstić information content (AvgIpc) is 2.55. The van der Waals surface area contributed by atoms with Gasteiger partial charge < -0.3 is 9.84 Å². The predicted octanol–water partition coefficient (Wildman–Crippen LogP) is 5.10. The summed E-state index contributed by atoms with van der Waals surface area (Å²) in [6.45, 7) is 11.8. The van der Waals surface area contributed by atoms with Gasteiger partial charge in [-0.3, -0.25) is 4.79 Å². The normalized spacial score (nSPS) is 14.4. The van der Waals surface area contributed by atoms with E-state index in [1.807, 2.05) is 47.6 Å². The number of hydrogen-bond acceptors (Lipinski definition) is 3. The molecule has 1 aliphatic carbocycles. The van der Waals surface area contributed by atoms with Crippen molar-refractivity contribution < 1.29 is 14.6 Å². The summed E-state index contributed by atoms with van der Waals surface area (Å²) in [5, 5.41) is 9.45. The summed E-state index contributed by atoms with van der Waals surface area (Å²) in [5.41, 5.74) is 1.74. The highest BCUT2D eigenvalue weighted by atomic mass is 16.5. The minimum Gasteiger partial charge on any atom is -0.508 e. The number of hydrogen-bond donors (Lipinski definition) is 1. The average molecular weight is 302 g/mol. The molecule has 0 spiro atoms. The Bertz CT molecular complexity index is 578. The van der Waals surface area contributed by atoms with Crippen LogP contribution in [0.3, 0.4) is 0 Å². The van der Waals surface area contributed by atoms with Gasteiger partial charge >= 0.3 is 0 Å². The van der Waals surface area contributed by atoms with Gasteiger partial charge in [0, 0.05) is 17.7 Å². The lowest BCUT2D eigenvalue weighted by Crippen LogP contribution is -2.06. The van der Waals surface area contributed by atoms with Crippen molar-refractivity contribution in [3.63, 3.8) is 0 Å². The third-order valence-electron chi connectivity index (χ3n) is 2.69. The molecule has 3 heteroatoms. The highest BCUT2D eigenvalue weighted by Gasteiger charge is 2.13. The van der Waals surface area contributed by atoms with Gasteiger partial charge in [0.2, 0.25) is 0 Å². The van der Waals surface area contributed by atoms with Crippen LogP contribution in [-0.4, -0.2) is 10.9 Å². The molecule has 0 aliphatic heterocycles. The van der Waals surface area contributed by atoms with Crippen LogP contribution in [0.5, 0.6) is 11.5 Å². The van der Waals surface area contributed by atoms with Crippen molar-refractivity contribution in [3.8, 4) is 11.5 Å². The van der Waals surface area contributed by atoms with E-state index in [1.54, 1.807) is 18.2 Å². The molecule has 0 aromatic heterocycles. The summed E-state index contributed by atoms with van der Waals surface area (Å²) in [6, 6.07) is 4.90. The highest BCUT2D eigenvalue weighted by Crippen LogP contribution is 2.28. The van der Waals surface area contributed by atoms with Gasteiger partial charge in [0.1, 0.15) is 17.3 Å². The van der Waals surface area contributed by atoms with Crippen molar-refractivity contribution in [2.45, 2.75) is 41.5 Å². The minimum absolute atomic E-state index is 0.103. The zero-order valence-corrected chi connectivity index (χ0v) is 14.3. The molecule has 0 radical (unpaired) electrons. The smallest absolute Gasteiger partial charge is 0.182 e. The van der Waals surface area contributed by atoms with E-state index in [-0.39, 0.29) is 11.5 Å². The Hall–Kier alpha value is -2.29. The Morgan fingerprint density at radius 2 is 1.73 bits per heavy atom. The molecule has 0 unspecified atom stereocenters. The molecule has 1 aromatic rings. The Balaban J connectivity index is 0.00000102. The Kier molecular flexibility index (Phi) is 9.35. The second kappa shape index (κ2) is 10.4. The summed E-state index contributed by atoms with van der Waals surface area (Å²) in [5.74, 6) is 1.08. The first-order valence-corrected chi connectivity index (χ1v) is 7.68. The molecule has 0 saturated heterocycles. The quantitative estimate of drug-likeness (QED) is 0.826. The Labute approximate surface area is 133 Å². The molecule has 0 amide bonds. The second-order valence-electron chi connectivity index (χ2n) is 4.04. The van der Waals surface area contributed by atoms with E-state index < -0.39 is 0 Å². The number of aromatic hydroxyl groups is 1. The number of phenolic OH excluding ortho intramolecular Hbond substituents is 1. The summed E-state index contributed by atoms with van der Waals surface area (Å²) >= 11 is 0. The zero-order valence-electron chi connectivity index (χ0n) is 14.3. The molecule has 0 atom stereocenters. The van der Waals surface area contributed by atoms with Crippen LogP contribution in [0, 0.1) is 6.92 Å². The molecule has 120 valence electrons. The standard InChI is InChI=1S/C15H14O3.2C2H6/c1-3-11-5-7-13(17)9-15(11)18-14-8-12(16)6-4-10(14)2;2*1-2/h3-9,16H,1-2H3;2*1-2H3/b11-3-;;. The fourth-order valence-electron chi connectivity index (χ4n) is 1.66. The number of ether oxygens (including phenoxy) is 1. The number of carbonyl (C=O) groups excluding carboxylic acids is 1. The molecule has 22 heavy (non-hydrogen) atoms. The van der Waals surface area contributed by atoms with E-state index in [4.69, 9.17) is 4.74 Å². The van der Waals surface area contributed by atoms with Gasteiger partial charge in [-0.1, -0.05) is 39.8 Å². The van der Waals surface area contributed by atoms with Crippen LogP contribution in [0.4, 0.5) is 0 Å². The molecular formula is C19H26O3. The predicted molar refractivity (Wildman–Crippen MR) is 92.2 cm³/mol. The highest BCUT2D eigenvalue weighted by molar-refractivity contribution is 6.02. The van der Waals surface area contributed by atoms with Crippen LogP contribution < -0.4 is 4.74 Å². The maximum Gasteiger partial charge on any atom is 0.182 e. The van der Waals surface area contributed by atoms with Gasteiger partial charge in [-0.05, 0) is 37.6 Å². The Morgan fingerprint density at radius 3 is 2.32 bits per heavy atom. The lowest BCUT2D eigenvalue weighted by molar-refractivity contribution is -0.110. The molecule has 1 aliphatic rings. The lowest BCUT2D eigenvalue weighted by Gasteiger charge is -2.15. The fourth-order valence-corrected chi connectivity index (χ4v) is 1.66. The van der Waals surface area contributed by atoms with E-state index in [9.17, 15) is 9.90 Å². The van der Waals surface area contributed by atoms with Crippen LogP contribution in [-0.2, 0) is 4.79 Å². The molecule has 1 N–H and O–H groups in total. The minimum atomic E-state index is -0.103. The summed E-state index contributed by atoms with van der Waals surface area (Å²) in [6.07, 6.45) is 6.53. The second-order valence-corrected chi connectivity index (χ2v) is 4.04. The molecule has 1 aromatic carbocycles. The number of aryl methyl sites for hydroxylation is 1. The third kappa shape index (κ3) is 5.60. The van der Waals surface area contributed by atoms with Crippen LogP contribution >= 0.6 is 0 Å². The van der Waals surface area contributed by atoms with E-state index in [1.165, 1.54) is 18.2 Å². The molecule has 0 fully saturated rings. The number of rotatable bonds is 2. The summed E-state index contributed by atoms with van der Waals surface area (Å²) in [7, 11) is 0. The molecule has 2 rings (SSSR count). The van der Waals surface area contributed by atoms with E-state index in [0.717, 1.165) is 11.1 Å². The summed E-state index contributed by atoms with van der Waals surface area (Å²) in [4.78, 5) is 11.4. The molecule has 0 bridgehead atoms. The van der Waals surface area contributed by atoms with E-state index in [2.05, 4.69) is 0 Å². The fraction of sp³-hybridized carbons (Fsp3) is 0.316. The van der Waals surface area contributed by atoms with Crippen LogP contribution in [0.2, 0.25) is 0 Å². The maximum atomic E-state index is 11.4. The Morgan fingerprint density at radius 1 is 1.09 bits per heavy atom. The van der Waals surface area contributed by atoms with Crippen molar-refractivity contribution in [2.24, 2.45) is 0 Å². The van der Waals surface area contributed by atoms with Crippen molar-refractivity contribution in [1.82, 2.24) is 0 Å². The van der Waals surface area contributed by atoms with Crippen molar-refractivity contribution in [1.29, 1.82) is 0 Å². The first-order valence-electron chi connectivity index (χ1n) is 7.68. The molecule has 0 saturated carbocycles. The van der Waals surface area contributed by atoms with Gasteiger partial charge in [-0.2, -0.15) is 0 Å². The topological polar surface area (TPSA) is 46.5 Å². The first-order chi connectivity index (χ1) is 10.6. The molecular weight excluding hydrogens is 276 g/mol. The van der Waals surface area contributed by atoms with Gasteiger partial charge in [0.15, 0.2) is 5.78 Å².